The summed E-state index contributed by atoms with van der Waals surface area (Å²) in [5, 5.41) is 21.9. The highest BCUT2D eigenvalue weighted by Gasteiger charge is 2.06. The van der Waals surface area contributed by atoms with E-state index in [-0.39, 0.29) is 11.5 Å². The zero-order valence-corrected chi connectivity index (χ0v) is 10.9. The molecule has 0 bridgehead atoms. The predicted octanol–water partition coefficient (Wildman–Crippen LogP) is 2.24. The van der Waals surface area contributed by atoms with E-state index in [0.29, 0.717) is 5.69 Å². The van der Waals surface area contributed by atoms with E-state index in [4.69, 9.17) is 10.9 Å². The number of nitrogens with zero attached hydrogens (tertiary/aromatic N) is 3. The first-order valence-electron chi connectivity index (χ1n) is 5.46. The minimum Gasteiger partial charge on any atom is -0.409 e. The van der Waals surface area contributed by atoms with Crippen LogP contribution in [0.25, 0.3) is 0 Å². The number of nitro groups is 1. The standard InChI is InChI=1S/C12H10N4O3S/c13-12(15-17)11-6-5-10(7-14-11)20-9-3-1-8(2-4-9)16(18)19/h1-7,17H,(H2,13,15). The molecular weight excluding hydrogens is 280 g/mol. The summed E-state index contributed by atoms with van der Waals surface area (Å²) >= 11 is 1.41. The highest BCUT2D eigenvalue weighted by Crippen LogP contribution is 2.28. The lowest BCUT2D eigenvalue weighted by molar-refractivity contribution is -0.384. The Balaban J connectivity index is 2.12. The lowest BCUT2D eigenvalue weighted by atomic mass is 10.3. The predicted molar refractivity (Wildman–Crippen MR) is 74.0 cm³/mol. The summed E-state index contributed by atoms with van der Waals surface area (Å²) in [5.41, 5.74) is 5.83. The molecule has 0 spiro atoms. The Morgan fingerprint density at radius 3 is 2.40 bits per heavy atom. The molecular formula is C12H10N4O3S. The molecule has 0 fully saturated rings. The zero-order valence-electron chi connectivity index (χ0n) is 10.1. The van der Waals surface area contributed by atoms with Gasteiger partial charge in [-0.1, -0.05) is 16.9 Å². The van der Waals surface area contributed by atoms with Crippen molar-refractivity contribution < 1.29 is 10.1 Å². The first-order chi connectivity index (χ1) is 9.60. The van der Waals surface area contributed by atoms with Gasteiger partial charge in [0.2, 0.25) is 0 Å². The van der Waals surface area contributed by atoms with E-state index in [1.165, 1.54) is 23.9 Å². The third-order valence-electron chi connectivity index (χ3n) is 2.39. The maximum Gasteiger partial charge on any atom is 0.269 e. The third-order valence-corrected chi connectivity index (χ3v) is 3.37. The molecule has 2 aromatic rings. The number of hydrogen-bond donors (Lipinski definition) is 2. The van der Waals surface area contributed by atoms with Gasteiger partial charge in [-0.25, -0.2) is 0 Å². The van der Waals surface area contributed by atoms with Gasteiger partial charge >= 0.3 is 0 Å². The van der Waals surface area contributed by atoms with Crippen molar-refractivity contribution in [1.29, 1.82) is 0 Å². The summed E-state index contributed by atoms with van der Waals surface area (Å²) in [6.45, 7) is 0. The van der Waals surface area contributed by atoms with Crippen LogP contribution in [0.1, 0.15) is 5.69 Å². The Hall–Kier alpha value is -2.61. The average molecular weight is 290 g/mol. The molecule has 1 heterocycles. The number of pyridine rings is 1. The van der Waals surface area contributed by atoms with Crippen LogP contribution in [0.4, 0.5) is 5.69 Å². The van der Waals surface area contributed by atoms with Gasteiger partial charge < -0.3 is 10.9 Å². The first kappa shape index (κ1) is 13.8. The van der Waals surface area contributed by atoms with E-state index in [2.05, 4.69) is 10.1 Å². The van der Waals surface area contributed by atoms with Gasteiger partial charge in [-0.15, -0.1) is 0 Å². The van der Waals surface area contributed by atoms with Crippen LogP contribution in [0.5, 0.6) is 0 Å². The van der Waals surface area contributed by atoms with Gasteiger partial charge in [0, 0.05) is 28.1 Å². The summed E-state index contributed by atoms with van der Waals surface area (Å²) in [6.07, 6.45) is 1.58. The Labute approximate surface area is 118 Å². The maximum absolute atomic E-state index is 10.5. The summed E-state index contributed by atoms with van der Waals surface area (Å²) in [6, 6.07) is 9.62. The minimum absolute atomic E-state index is 0.0507. The van der Waals surface area contributed by atoms with Gasteiger partial charge in [0.05, 0.1) is 4.92 Å². The van der Waals surface area contributed by atoms with Crippen LogP contribution >= 0.6 is 11.8 Å². The Bertz CT molecular complexity index is 641. The number of benzene rings is 1. The van der Waals surface area contributed by atoms with E-state index in [1.54, 1.807) is 30.5 Å². The van der Waals surface area contributed by atoms with Crippen molar-refractivity contribution in [2.75, 3.05) is 0 Å². The average Bonchev–Trinajstić information content (AvgIpc) is 2.48. The van der Waals surface area contributed by atoms with E-state index in [9.17, 15) is 10.1 Å². The van der Waals surface area contributed by atoms with Crippen molar-refractivity contribution >= 4 is 23.3 Å². The second kappa shape index (κ2) is 6.02. The van der Waals surface area contributed by atoms with Crippen molar-refractivity contribution in [2.24, 2.45) is 10.9 Å². The van der Waals surface area contributed by atoms with Crippen LogP contribution < -0.4 is 5.73 Å². The Morgan fingerprint density at radius 1 is 1.25 bits per heavy atom. The summed E-state index contributed by atoms with van der Waals surface area (Å²) in [5.74, 6) is -0.0584. The SMILES string of the molecule is N/C(=N/O)c1ccc(Sc2ccc([N+](=O)[O-])cc2)cn1. The fraction of sp³-hybridized carbons (Fsp3) is 0. The van der Waals surface area contributed by atoms with Crippen molar-refractivity contribution in [1.82, 2.24) is 4.98 Å². The highest BCUT2D eigenvalue weighted by molar-refractivity contribution is 7.99. The molecule has 0 saturated carbocycles. The van der Waals surface area contributed by atoms with E-state index < -0.39 is 4.92 Å². The summed E-state index contributed by atoms with van der Waals surface area (Å²) in [4.78, 5) is 15.8. The number of nitro benzene ring substituents is 1. The van der Waals surface area contributed by atoms with Crippen molar-refractivity contribution in [3.05, 3.63) is 58.4 Å². The molecule has 1 aromatic carbocycles. The topological polar surface area (TPSA) is 115 Å². The van der Waals surface area contributed by atoms with Gasteiger partial charge in [0.1, 0.15) is 5.69 Å². The second-order valence-corrected chi connectivity index (χ2v) is 4.86. The fourth-order valence-corrected chi connectivity index (χ4v) is 2.20. The number of oxime groups is 1. The molecule has 0 saturated heterocycles. The van der Waals surface area contributed by atoms with Gasteiger partial charge in [-0.2, -0.15) is 0 Å². The largest absolute Gasteiger partial charge is 0.409 e. The molecule has 0 unspecified atom stereocenters. The molecule has 8 heteroatoms. The fourth-order valence-electron chi connectivity index (χ4n) is 1.42. The van der Waals surface area contributed by atoms with Crippen LogP contribution in [0.2, 0.25) is 0 Å². The molecule has 2 rings (SSSR count). The van der Waals surface area contributed by atoms with Gasteiger partial charge in [0.25, 0.3) is 5.69 Å². The number of nitrogens with two attached hydrogens (primary N) is 1. The molecule has 0 aliphatic heterocycles. The normalized spacial score (nSPS) is 11.3. The number of aromatic nitrogens is 1. The summed E-state index contributed by atoms with van der Waals surface area (Å²) < 4.78 is 0. The van der Waals surface area contributed by atoms with Crippen LogP contribution in [-0.2, 0) is 0 Å². The molecule has 0 aliphatic rings. The highest BCUT2D eigenvalue weighted by atomic mass is 32.2. The molecule has 0 atom stereocenters. The number of non-ortho nitro benzene ring substituents is 1. The molecule has 20 heavy (non-hydrogen) atoms. The Kier molecular flexibility index (Phi) is 4.16. The quantitative estimate of drug-likeness (QED) is 0.293. The minimum atomic E-state index is -0.443. The van der Waals surface area contributed by atoms with Crippen LogP contribution in [0, 0.1) is 10.1 Å². The van der Waals surface area contributed by atoms with E-state index >= 15 is 0 Å². The molecule has 0 aliphatic carbocycles. The van der Waals surface area contributed by atoms with Gasteiger partial charge in [-0.05, 0) is 24.3 Å². The lowest BCUT2D eigenvalue weighted by Gasteiger charge is -2.02. The van der Waals surface area contributed by atoms with Gasteiger partial charge in [0.15, 0.2) is 5.84 Å². The van der Waals surface area contributed by atoms with Crippen molar-refractivity contribution in [2.45, 2.75) is 9.79 Å². The number of amidine groups is 1. The van der Waals surface area contributed by atoms with Crippen molar-refractivity contribution in [3.63, 3.8) is 0 Å². The van der Waals surface area contributed by atoms with E-state index in [0.717, 1.165) is 9.79 Å². The Morgan fingerprint density at radius 2 is 1.90 bits per heavy atom. The molecule has 3 N–H and O–H groups in total. The monoisotopic (exact) mass is 290 g/mol. The molecule has 0 radical (unpaired) electrons. The van der Waals surface area contributed by atoms with Crippen molar-refractivity contribution in [3.8, 4) is 0 Å². The third kappa shape index (κ3) is 3.23. The lowest BCUT2D eigenvalue weighted by Crippen LogP contribution is -2.14. The summed E-state index contributed by atoms with van der Waals surface area (Å²) in [7, 11) is 0. The number of hydrogen-bond acceptors (Lipinski definition) is 6. The smallest absolute Gasteiger partial charge is 0.269 e. The first-order valence-corrected chi connectivity index (χ1v) is 6.28. The van der Waals surface area contributed by atoms with Crippen LogP contribution in [-0.4, -0.2) is 21.0 Å². The molecule has 7 nitrogen and oxygen atoms in total. The molecule has 0 amide bonds. The van der Waals surface area contributed by atoms with E-state index in [1.807, 2.05) is 0 Å². The number of rotatable bonds is 4. The maximum atomic E-state index is 10.5. The van der Waals surface area contributed by atoms with Crippen LogP contribution in [0.15, 0.2) is 57.5 Å². The second-order valence-electron chi connectivity index (χ2n) is 3.72. The molecule has 102 valence electrons. The molecule has 1 aromatic heterocycles. The zero-order chi connectivity index (χ0) is 14.5. The van der Waals surface area contributed by atoms with Gasteiger partial charge in [-0.3, -0.25) is 15.1 Å². The van der Waals surface area contributed by atoms with Crippen LogP contribution in [0.3, 0.4) is 0 Å².